The van der Waals surface area contributed by atoms with E-state index in [0.29, 0.717) is 0 Å². The second-order valence-electron chi connectivity index (χ2n) is 7.45. The minimum absolute atomic E-state index is 0.183. The lowest BCUT2D eigenvalue weighted by Gasteiger charge is -2.14. The van der Waals surface area contributed by atoms with Crippen LogP contribution in [0, 0.1) is 19.8 Å². The van der Waals surface area contributed by atoms with E-state index in [1.165, 1.54) is 16.7 Å². The Morgan fingerprint density at radius 1 is 1.12 bits per heavy atom. The number of pyridine rings is 1. The number of hydrogen-bond donors (Lipinski definition) is 0. The van der Waals surface area contributed by atoms with Crippen LogP contribution in [0.2, 0.25) is 0 Å². The molecule has 5 nitrogen and oxygen atoms in total. The SMILES string of the molecule is Cc1ccc(S(=O)(=O)OCC2Cc3c(C)nc4c(c3C2)CCN4C)cc1. The second kappa shape index (κ2) is 6.35. The predicted molar refractivity (Wildman–Crippen MR) is 101 cm³/mol. The molecular formula is C20H24N2O3S. The molecule has 2 aromatic rings. The number of anilines is 1. The lowest BCUT2D eigenvalue weighted by molar-refractivity contribution is 0.259. The molecule has 1 aromatic carbocycles. The highest BCUT2D eigenvalue weighted by atomic mass is 32.2. The van der Waals surface area contributed by atoms with E-state index in [2.05, 4.69) is 18.9 Å². The van der Waals surface area contributed by atoms with Gasteiger partial charge in [0.05, 0.1) is 11.5 Å². The summed E-state index contributed by atoms with van der Waals surface area (Å²) in [6, 6.07) is 6.78. The highest BCUT2D eigenvalue weighted by Gasteiger charge is 2.32. The van der Waals surface area contributed by atoms with Crippen molar-refractivity contribution in [2.45, 2.75) is 38.0 Å². The van der Waals surface area contributed by atoms with E-state index in [1.807, 2.05) is 6.92 Å². The molecule has 2 heterocycles. The van der Waals surface area contributed by atoms with E-state index in [0.717, 1.165) is 42.9 Å². The molecule has 0 saturated carbocycles. The molecule has 0 amide bonds. The summed E-state index contributed by atoms with van der Waals surface area (Å²) in [6.45, 7) is 5.20. The van der Waals surface area contributed by atoms with Gasteiger partial charge in [-0.1, -0.05) is 17.7 Å². The Bertz CT molecular complexity index is 952. The van der Waals surface area contributed by atoms with E-state index in [-0.39, 0.29) is 17.4 Å². The fraction of sp³-hybridized carbons (Fsp3) is 0.450. The topological polar surface area (TPSA) is 59.5 Å². The number of likely N-dealkylation sites (N-methyl/N-ethyl adjacent to an activating group) is 1. The summed E-state index contributed by atoms with van der Waals surface area (Å²) in [5.74, 6) is 1.28. The van der Waals surface area contributed by atoms with Gasteiger partial charge in [-0.3, -0.25) is 4.18 Å². The minimum Gasteiger partial charge on any atom is -0.359 e. The Hall–Kier alpha value is -1.92. The third-order valence-electron chi connectivity index (χ3n) is 5.52. The van der Waals surface area contributed by atoms with E-state index in [4.69, 9.17) is 9.17 Å². The van der Waals surface area contributed by atoms with Crippen LogP contribution >= 0.6 is 0 Å². The Kier molecular flexibility index (Phi) is 4.28. The molecule has 138 valence electrons. The van der Waals surface area contributed by atoms with Crippen molar-refractivity contribution >= 4 is 15.9 Å². The van der Waals surface area contributed by atoms with E-state index >= 15 is 0 Å². The average Bonchev–Trinajstić information content (AvgIpc) is 3.18. The highest BCUT2D eigenvalue weighted by molar-refractivity contribution is 7.86. The van der Waals surface area contributed by atoms with Crippen LogP contribution in [0.25, 0.3) is 0 Å². The Labute approximate surface area is 155 Å². The van der Waals surface area contributed by atoms with Crippen molar-refractivity contribution in [3.63, 3.8) is 0 Å². The lowest BCUT2D eigenvalue weighted by Crippen LogP contribution is -2.15. The van der Waals surface area contributed by atoms with Crippen molar-refractivity contribution in [1.29, 1.82) is 0 Å². The van der Waals surface area contributed by atoms with E-state index in [9.17, 15) is 8.42 Å². The molecular weight excluding hydrogens is 348 g/mol. The quantitative estimate of drug-likeness (QED) is 0.773. The van der Waals surface area contributed by atoms with Gasteiger partial charge >= 0.3 is 0 Å². The first kappa shape index (κ1) is 17.5. The molecule has 0 N–H and O–H groups in total. The molecule has 0 bridgehead atoms. The van der Waals surface area contributed by atoms with Crippen LogP contribution < -0.4 is 4.90 Å². The average molecular weight is 372 g/mol. The number of aromatic nitrogens is 1. The Morgan fingerprint density at radius 2 is 1.81 bits per heavy atom. The summed E-state index contributed by atoms with van der Waals surface area (Å²) in [6.07, 6.45) is 2.74. The largest absolute Gasteiger partial charge is 0.359 e. The van der Waals surface area contributed by atoms with Crippen molar-refractivity contribution in [3.05, 3.63) is 52.2 Å². The number of rotatable bonds is 4. The van der Waals surface area contributed by atoms with Crippen molar-refractivity contribution < 1.29 is 12.6 Å². The minimum atomic E-state index is -3.71. The zero-order valence-electron chi connectivity index (χ0n) is 15.4. The predicted octanol–water partition coefficient (Wildman–Crippen LogP) is 2.81. The number of aryl methyl sites for hydroxylation is 2. The first-order valence-electron chi connectivity index (χ1n) is 9.03. The number of hydrogen-bond acceptors (Lipinski definition) is 5. The first-order chi connectivity index (χ1) is 12.3. The van der Waals surface area contributed by atoms with Crippen LogP contribution in [0.1, 0.15) is 27.9 Å². The summed E-state index contributed by atoms with van der Waals surface area (Å²) >= 11 is 0. The molecule has 0 saturated heterocycles. The van der Waals surface area contributed by atoms with Gasteiger partial charge in [0.15, 0.2) is 0 Å². The van der Waals surface area contributed by atoms with Crippen LogP contribution in [0.3, 0.4) is 0 Å². The van der Waals surface area contributed by atoms with Gasteiger partial charge in [0.1, 0.15) is 5.82 Å². The maximum absolute atomic E-state index is 12.4. The third kappa shape index (κ3) is 3.01. The summed E-state index contributed by atoms with van der Waals surface area (Å²) < 4.78 is 30.3. The third-order valence-corrected chi connectivity index (χ3v) is 6.82. The monoisotopic (exact) mass is 372 g/mol. The highest BCUT2D eigenvalue weighted by Crippen LogP contribution is 2.38. The molecule has 26 heavy (non-hydrogen) atoms. The Morgan fingerprint density at radius 3 is 2.54 bits per heavy atom. The molecule has 0 fully saturated rings. The zero-order valence-corrected chi connectivity index (χ0v) is 16.3. The fourth-order valence-corrected chi connectivity index (χ4v) is 5.01. The number of nitrogens with zero attached hydrogens (tertiary/aromatic N) is 2. The van der Waals surface area contributed by atoms with Crippen molar-refractivity contribution in [2.75, 3.05) is 25.1 Å². The molecule has 2 aliphatic rings. The van der Waals surface area contributed by atoms with Crippen LogP contribution in [0.4, 0.5) is 5.82 Å². The maximum Gasteiger partial charge on any atom is 0.296 e. The van der Waals surface area contributed by atoms with Gasteiger partial charge in [0, 0.05) is 19.3 Å². The molecule has 6 heteroatoms. The molecule has 1 aliphatic heterocycles. The van der Waals surface area contributed by atoms with Crippen molar-refractivity contribution in [1.82, 2.24) is 4.98 Å². The summed E-state index contributed by atoms with van der Waals surface area (Å²) in [5.41, 5.74) is 6.10. The van der Waals surface area contributed by atoms with Gasteiger partial charge in [0.2, 0.25) is 0 Å². The summed E-state index contributed by atoms with van der Waals surface area (Å²) in [4.78, 5) is 7.20. The van der Waals surface area contributed by atoms with Gasteiger partial charge in [-0.15, -0.1) is 0 Å². The van der Waals surface area contributed by atoms with Gasteiger partial charge in [0.25, 0.3) is 10.1 Å². The van der Waals surface area contributed by atoms with Crippen molar-refractivity contribution in [2.24, 2.45) is 5.92 Å². The fourth-order valence-electron chi connectivity index (χ4n) is 4.04. The van der Waals surface area contributed by atoms with Crippen LogP contribution in [-0.2, 0) is 33.6 Å². The lowest BCUT2D eigenvalue weighted by atomic mass is 10.0. The number of fused-ring (bicyclic) bond motifs is 3. The molecule has 1 unspecified atom stereocenters. The second-order valence-corrected chi connectivity index (χ2v) is 9.07. The maximum atomic E-state index is 12.4. The van der Waals surface area contributed by atoms with Crippen LogP contribution in [0.15, 0.2) is 29.2 Å². The van der Waals surface area contributed by atoms with E-state index < -0.39 is 10.1 Å². The van der Waals surface area contributed by atoms with Gasteiger partial charge in [-0.05, 0) is 67.9 Å². The van der Waals surface area contributed by atoms with E-state index in [1.54, 1.807) is 24.3 Å². The molecule has 1 aromatic heterocycles. The summed E-state index contributed by atoms with van der Waals surface area (Å²) in [5, 5.41) is 0. The molecule has 0 radical (unpaired) electrons. The van der Waals surface area contributed by atoms with Gasteiger partial charge in [-0.25, -0.2) is 4.98 Å². The Balaban J connectivity index is 1.49. The molecule has 1 atom stereocenters. The zero-order chi connectivity index (χ0) is 18.5. The molecule has 0 spiro atoms. The van der Waals surface area contributed by atoms with Crippen LogP contribution in [-0.4, -0.2) is 33.6 Å². The summed E-state index contributed by atoms with van der Waals surface area (Å²) in [7, 11) is -1.63. The standard InChI is InChI=1S/C20H24N2O3S/c1-13-4-6-16(7-5-13)26(23,24)25-12-15-10-18-14(2)21-20-17(19(18)11-15)8-9-22(20)3/h4-7,15H,8-12H2,1-3H3. The van der Waals surface area contributed by atoms with Crippen molar-refractivity contribution in [3.8, 4) is 0 Å². The van der Waals surface area contributed by atoms with Gasteiger partial charge in [-0.2, -0.15) is 8.42 Å². The molecule has 4 rings (SSSR count). The number of benzene rings is 1. The van der Waals surface area contributed by atoms with Crippen LogP contribution in [0.5, 0.6) is 0 Å². The molecule has 1 aliphatic carbocycles. The smallest absolute Gasteiger partial charge is 0.296 e. The van der Waals surface area contributed by atoms with Gasteiger partial charge < -0.3 is 4.90 Å². The normalized spacial score (nSPS) is 18.9. The first-order valence-corrected chi connectivity index (χ1v) is 10.4.